The fraction of sp³-hybridized carbons (Fsp3) is 0.583. The fourth-order valence-electron chi connectivity index (χ4n) is 2.19. The van der Waals surface area contributed by atoms with Crippen molar-refractivity contribution in [3.8, 4) is 0 Å². The zero-order chi connectivity index (χ0) is 10.9. The Hall–Kier alpha value is -0.930. The molecule has 1 aromatic heterocycles. The second kappa shape index (κ2) is 3.91. The minimum Gasteiger partial charge on any atom is -0.387 e. The Labute approximate surface area is 90.5 Å². The first-order valence-electron chi connectivity index (χ1n) is 5.44. The molecule has 0 aromatic carbocycles. The maximum Gasteiger partial charge on any atom is 0.0944 e. The number of aliphatic hydroxyl groups is 1. The zero-order valence-electron chi connectivity index (χ0n) is 9.27. The Bertz CT molecular complexity index is 324. The highest BCUT2D eigenvalue weighted by Crippen LogP contribution is 2.29. The van der Waals surface area contributed by atoms with Crippen LogP contribution in [0.3, 0.4) is 0 Å². The lowest BCUT2D eigenvalue weighted by Crippen LogP contribution is -2.40. The topological polar surface area (TPSA) is 45.2 Å². The first kappa shape index (κ1) is 10.6. The number of nitrogens with zero attached hydrogens (tertiary/aromatic N) is 1. The fourth-order valence-corrected chi connectivity index (χ4v) is 2.19. The molecule has 3 heteroatoms. The summed E-state index contributed by atoms with van der Waals surface area (Å²) in [6.07, 6.45) is 5.16. The third-order valence-electron chi connectivity index (χ3n) is 3.09. The number of pyridine rings is 1. The van der Waals surface area contributed by atoms with E-state index in [0.29, 0.717) is 0 Å². The van der Waals surface area contributed by atoms with Gasteiger partial charge in [-0.1, -0.05) is 0 Å². The van der Waals surface area contributed by atoms with E-state index in [4.69, 9.17) is 0 Å². The van der Waals surface area contributed by atoms with Gasteiger partial charge in [-0.25, -0.2) is 0 Å². The van der Waals surface area contributed by atoms with Crippen LogP contribution in [0.15, 0.2) is 24.5 Å². The second-order valence-corrected chi connectivity index (χ2v) is 4.90. The molecule has 82 valence electrons. The predicted octanol–water partition coefficient (Wildman–Crippen LogP) is 1.65. The van der Waals surface area contributed by atoms with E-state index < -0.39 is 6.10 Å². The highest BCUT2D eigenvalue weighted by atomic mass is 16.3. The average molecular weight is 206 g/mol. The minimum absolute atomic E-state index is 0.151. The van der Waals surface area contributed by atoms with Gasteiger partial charge in [0.2, 0.25) is 0 Å². The van der Waals surface area contributed by atoms with Crippen molar-refractivity contribution in [3.05, 3.63) is 30.1 Å². The summed E-state index contributed by atoms with van der Waals surface area (Å²) in [4.78, 5) is 3.95. The van der Waals surface area contributed by atoms with Crippen LogP contribution in [0.2, 0.25) is 0 Å². The van der Waals surface area contributed by atoms with Crippen LogP contribution in [0.4, 0.5) is 0 Å². The summed E-state index contributed by atoms with van der Waals surface area (Å²) in [7, 11) is 0. The molecule has 2 unspecified atom stereocenters. The molecule has 3 nitrogen and oxygen atoms in total. The summed E-state index contributed by atoms with van der Waals surface area (Å²) in [5.74, 6) is 0. The van der Waals surface area contributed by atoms with E-state index in [1.165, 1.54) is 0 Å². The van der Waals surface area contributed by atoms with Crippen molar-refractivity contribution < 1.29 is 5.11 Å². The van der Waals surface area contributed by atoms with Crippen molar-refractivity contribution in [2.45, 2.75) is 44.4 Å². The van der Waals surface area contributed by atoms with Crippen molar-refractivity contribution in [3.63, 3.8) is 0 Å². The average Bonchev–Trinajstić information content (AvgIpc) is 2.59. The summed E-state index contributed by atoms with van der Waals surface area (Å²) >= 11 is 0. The normalized spacial score (nSPS) is 26.5. The molecule has 1 aromatic rings. The summed E-state index contributed by atoms with van der Waals surface area (Å²) in [6.45, 7) is 4.35. The molecule has 2 atom stereocenters. The summed E-state index contributed by atoms with van der Waals surface area (Å²) < 4.78 is 0. The highest BCUT2D eigenvalue weighted by Gasteiger charge is 2.34. The van der Waals surface area contributed by atoms with Gasteiger partial charge < -0.3 is 10.4 Å². The van der Waals surface area contributed by atoms with E-state index in [2.05, 4.69) is 24.1 Å². The van der Waals surface area contributed by atoms with Crippen LogP contribution in [-0.2, 0) is 0 Å². The van der Waals surface area contributed by atoms with Crippen LogP contribution in [0.1, 0.15) is 38.4 Å². The predicted molar refractivity (Wildman–Crippen MR) is 59.4 cm³/mol. The Morgan fingerprint density at radius 2 is 2.13 bits per heavy atom. The number of aliphatic hydroxyl groups excluding tert-OH is 1. The van der Waals surface area contributed by atoms with E-state index in [1.807, 2.05) is 12.1 Å². The lowest BCUT2D eigenvalue weighted by Gasteiger charge is -2.23. The maximum atomic E-state index is 10.2. The molecule has 0 radical (unpaired) electrons. The molecule has 15 heavy (non-hydrogen) atoms. The van der Waals surface area contributed by atoms with Crippen LogP contribution in [0, 0.1) is 0 Å². The van der Waals surface area contributed by atoms with E-state index >= 15 is 0 Å². The molecular formula is C12H18N2O. The number of aromatic nitrogens is 1. The molecule has 2 N–H and O–H groups in total. The van der Waals surface area contributed by atoms with Gasteiger partial charge >= 0.3 is 0 Å². The standard InChI is InChI=1S/C12H18N2O/c1-12(2)6-3-10(14-12)11(15)9-4-7-13-8-5-9/h4-5,7-8,10-11,14-15H,3,6H2,1-2H3. The van der Waals surface area contributed by atoms with Crippen molar-refractivity contribution in [1.29, 1.82) is 0 Å². The van der Waals surface area contributed by atoms with E-state index in [0.717, 1.165) is 18.4 Å². The molecule has 0 amide bonds. The minimum atomic E-state index is -0.422. The smallest absolute Gasteiger partial charge is 0.0944 e. The van der Waals surface area contributed by atoms with Crippen LogP contribution in [-0.4, -0.2) is 21.7 Å². The van der Waals surface area contributed by atoms with Crippen LogP contribution >= 0.6 is 0 Å². The molecule has 1 saturated heterocycles. The largest absolute Gasteiger partial charge is 0.387 e. The van der Waals surface area contributed by atoms with E-state index in [-0.39, 0.29) is 11.6 Å². The molecule has 1 aliphatic rings. The number of rotatable bonds is 2. The van der Waals surface area contributed by atoms with Crippen LogP contribution in [0.5, 0.6) is 0 Å². The van der Waals surface area contributed by atoms with Crippen LogP contribution < -0.4 is 5.32 Å². The van der Waals surface area contributed by atoms with Gasteiger partial charge in [0.1, 0.15) is 0 Å². The van der Waals surface area contributed by atoms with Gasteiger partial charge in [-0.05, 0) is 44.4 Å². The van der Waals surface area contributed by atoms with Gasteiger partial charge in [-0.15, -0.1) is 0 Å². The third kappa shape index (κ3) is 2.36. The molecule has 2 rings (SSSR count). The van der Waals surface area contributed by atoms with Gasteiger partial charge in [-0.2, -0.15) is 0 Å². The van der Waals surface area contributed by atoms with Crippen LogP contribution in [0.25, 0.3) is 0 Å². The Morgan fingerprint density at radius 3 is 2.67 bits per heavy atom. The van der Waals surface area contributed by atoms with Gasteiger partial charge in [-0.3, -0.25) is 4.98 Å². The zero-order valence-corrected chi connectivity index (χ0v) is 9.27. The molecule has 0 bridgehead atoms. The number of hydrogen-bond acceptors (Lipinski definition) is 3. The van der Waals surface area contributed by atoms with Gasteiger partial charge in [0.15, 0.2) is 0 Å². The molecule has 0 saturated carbocycles. The lowest BCUT2D eigenvalue weighted by molar-refractivity contribution is 0.131. The summed E-state index contributed by atoms with van der Waals surface area (Å²) in [5, 5.41) is 13.6. The summed E-state index contributed by atoms with van der Waals surface area (Å²) in [6, 6.07) is 3.91. The first-order chi connectivity index (χ1) is 7.08. The quantitative estimate of drug-likeness (QED) is 0.773. The Kier molecular flexibility index (Phi) is 2.76. The summed E-state index contributed by atoms with van der Waals surface area (Å²) in [5.41, 5.74) is 1.10. The van der Waals surface area contributed by atoms with Crippen molar-refractivity contribution in [2.75, 3.05) is 0 Å². The maximum absolute atomic E-state index is 10.2. The SMILES string of the molecule is CC1(C)CCC(C(O)c2ccncc2)N1. The Balaban J connectivity index is 2.07. The molecular weight excluding hydrogens is 188 g/mol. The van der Waals surface area contributed by atoms with E-state index in [9.17, 15) is 5.11 Å². The molecule has 0 aliphatic carbocycles. The number of nitrogens with one attached hydrogen (secondary N) is 1. The monoisotopic (exact) mass is 206 g/mol. The van der Waals surface area contributed by atoms with Gasteiger partial charge in [0, 0.05) is 24.0 Å². The molecule has 0 spiro atoms. The lowest BCUT2D eigenvalue weighted by atomic mass is 10.0. The highest BCUT2D eigenvalue weighted by molar-refractivity contribution is 5.16. The second-order valence-electron chi connectivity index (χ2n) is 4.90. The van der Waals surface area contributed by atoms with Crippen molar-refractivity contribution >= 4 is 0 Å². The third-order valence-corrected chi connectivity index (χ3v) is 3.09. The Morgan fingerprint density at radius 1 is 1.47 bits per heavy atom. The molecule has 1 fully saturated rings. The van der Waals surface area contributed by atoms with Crippen molar-refractivity contribution in [2.24, 2.45) is 0 Å². The van der Waals surface area contributed by atoms with E-state index in [1.54, 1.807) is 12.4 Å². The van der Waals surface area contributed by atoms with Gasteiger partial charge in [0.05, 0.1) is 6.10 Å². The van der Waals surface area contributed by atoms with Crippen molar-refractivity contribution in [1.82, 2.24) is 10.3 Å². The molecule has 1 aliphatic heterocycles. The molecule has 2 heterocycles. The van der Waals surface area contributed by atoms with Gasteiger partial charge in [0.25, 0.3) is 0 Å². The number of hydrogen-bond donors (Lipinski definition) is 2. The first-order valence-corrected chi connectivity index (χ1v) is 5.44.